The lowest BCUT2D eigenvalue weighted by Crippen LogP contribution is -2.17. The van der Waals surface area contributed by atoms with Crippen LogP contribution in [0.3, 0.4) is 0 Å². The van der Waals surface area contributed by atoms with E-state index in [9.17, 15) is 18.3 Å². The molecule has 0 bridgehead atoms. The van der Waals surface area contributed by atoms with Crippen LogP contribution < -0.4 is 0 Å². The molecule has 0 radical (unpaired) electrons. The molecule has 5 heteroatoms. The molecule has 2 unspecified atom stereocenters. The first-order valence-corrected chi connectivity index (χ1v) is 5.65. The molecule has 18 heavy (non-hydrogen) atoms. The second kappa shape index (κ2) is 5.87. The van der Waals surface area contributed by atoms with Crippen molar-refractivity contribution in [3.05, 3.63) is 35.4 Å². The highest BCUT2D eigenvalue weighted by Crippen LogP contribution is 2.31. The van der Waals surface area contributed by atoms with Gasteiger partial charge in [-0.05, 0) is 24.1 Å². The van der Waals surface area contributed by atoms with E-state index in [1.807, 2.05) is 13.0 Å². The van der Waals surface area contributed by atoms with Crippen molar-refractivity contribution in [1.82, 2.24) is 0 Å². The van der Waals surface area contributed by atoms with E-state index in [4.69, 9.17) is 5.26 Å². The highest BCUT2D eigenvalue weighted by atomic mass is 19.4. The van der Waals surface area contributed by atoms with Gasteiger partial charge in [-0.25, -0.2) is 0 Å². The monoisotopic (exact) mass is 257 g/mol. The Morgan fingerprint density at radius 3 is 2.22 bits per heavy atom. The van der Waals surface area contributed by atoms with Crippen molar-refractivity contribution >= 4 is 0 Å². The van der Waals surface area contributed by atoms with Gasteiger partial charge in [0.1, 0.15) is 0 Å². The zero-order valence-corrected chi connectivity index (χ0v) is 9.91. The van der Waals surface area contributed by atoms with Crippen LogP contribution in [-0.4, -0.2) is 11.2 Å². The van der Waals surface area contributed by atoms with Crippen LogP contribution in [-0.2, 0) is 6.18 Å². The van der Waals surface area contributed by atoms with Crippen molar-refractivity contribution in [1.29, 1.82) is 5.26 Å². The van der Waals surface area contributed by atoms with Gasteiger partial charge in [-0.1, -0.05) is 25.5 Å². The summed E-state index contributed by atoms with van der Waals surface area (Å²) in [4.78, 5) is 0. The van der Waals surface area contributed by atoms with Crippen LogP contribution in [0.1, 0.15) is 36.8 Å². The Morgan fingerprint density at radius 2 is 1.83 bits per heavy atom. The van der Waals surface area contributed by atoms with E-state index in [0.717, 1.165) is 12.1 Å². The van der Waals surface area contributed by atoms with E-state index < -0.39 is 23.8 Å². The zero-order valence-electron chi connectivity index (χ0n) is 9.91. The summed E-state index contributed by atoms with van der Waals surface area (Å²) in [6, 6.07) is 6.28. The van der Waals surface area contributed by atoms with Crippen LogP contribution in [0.25, 0.3) is 0 Å². The number of hydrogen-bond donors (Lipinski definition) is 1. The molecule has 2 nitrogen and oxygen atoms in total. The molecule has 1 aromatic rings. The molecule has 0 fully saturated rings. The molecule has 1 N–H and O–H groups in total. The van der Waals surface area contributed by atoms with Crippen molar-refractivity contribution in [2.45, 2.75) is 38.0 Å². The lowest BCUT2D eigenvalue weighted by Gasteiger charge is -2.16. The lowest BCUT2D eigenvalue weighted by molar-refractivity contribution is -0.137. The maximum atomic E-state index is 12.4. The van der Waals surface area contributed by atoms with Gasteiger partial charge in [-0.2, -0.15) is 18.4 Å². The molecular formula is C13H14F3NO. The third-order valence-electron chi connectivity index (χ3n) is 2.71. The van der Waals surface area contributed by atoms with Crippen LogP contribution >= 0.6 is 0 Å². The number of aliphatic hydroxyl groups excluding tert-OH is 1. The number of aliphatic hydroxyl groups is 1. The molecule has 1 aromatic carbocycles. The van der Waals surface area contributed by atoms with Gasteiger partial charge in [0.2, 0.25) is 0 Å². The molecule has 0 spiro atoms. The summed E-state index contributed by atoms with van der Waals surface area (Å²) in [5.74, 6) is -0.785. The number of halogens is 3. The van der Waals surface area contributed by atoms with Gasteiger partial charge in [-0.15, -0.1) is 0 Å². The minimum absolute atomic E-state index is 0.409. The Labute approximate surface area is 104 Å². The van der Waals surface area contributed by atoms with Crippen LogP contribution in [0.15, 0.2) is 24.3 Å². The normalized spacial score (nSPS) is 14.9. The second-order valence-electron chi connectivity index (χ2n) is 4.08. The topological polar surface area (TPSA) is 44.0 Å². The summed E-state index contributed by atoms with van der Waals surface area (Å²) in [7, 11) is 0. The Hall–Kier alpha value is -1.54. The third kappa shape index (κ3) is 3.47. The Bertz CT molecular complexity index is 419. The van der Waals surface area contributed by atoms with E-state index in [-0.39, 0.29) is 0 Å². The van der Waals surface area contributed by atoms with Crippen molar-refractivity contribution in [3.63, 3.8) is 0 Å². The summed E-state index contributed by atoms with van der Waals surface area (Å²) in [6.45, 7) is 1.87. The minimum atomic E-state index is -4.39. The van der Waals surface area contributed by atoms with Crippen molar-refractivity contribution in [2.24, 2.45) is 0 Å². The Morgan fingerprint density at radius 1 is 1.28 bits per heavy atom. The van der Waals surface area contributed by atoms with Gasteiger partial charge in [0.05, 0.1) is 23.7 Å². The molecule has 98 valence electrons. The Balaban J connectivity index is 2.93. The molecule has 1 rings (SSSR count). The summed E-state index contributed by atoms with van der Waals surface area (Å²) in [5, 5.41) is 18.7. The van der Waals surface area contributed by atoms with Gasteiger partial charge < -0.3 is 5.11 Å². The quantitative estimate of drug-likeness (QED) is 0.897. The van der Waals surface area contributed by atoms with E-state index in [0.29, 0.717) is 18.4 Å². The number of nitrogens with zero attached hydrogens (tertiary/aromatic N) is 1. The smallest absolute Gasteiger partial charge is 0.391 e. The predicted octanol–water partition coefficient (Wildman–Crippen LogP) is 3.47. The molecule has 0 aliphatic rings. The second-order valence-corrected chi connectivity index (χ2v) is 4.08. The minimum Gasteiger partial charge on any atom is -0.391 e. The third-order valence-corrected chi connectivity index (χ3v) is 2.71. The largest absolute Gasteiger partial charge is 0.416 e. The lowest BCUT2D eigenvalue weighted by atomic mass is 9.91. The van der Waals surface area contributed by atoms with Gasteiger partial charge in [0, 0.05) is 0 Å². The summed E-state index contributed by atoms with van der Waals surface area (Å²) < 4.78 is 37.1. The molecule has 0 amide bonds. The van der Waals surface area contributed by atoms with Crippen molar-refractivity contribution in [2.75, 3.05) is 0 Å². The summed E-state index contributed by atoms with van der Waals surface area (Å²) in [5.41, 5.74) is -0.348. The van der Waals surface area contributed by atoms with Crippen LogP contribution in [0.2, 0.25) is 0 Å². The molecular weight excluding hydrogens is 243 g/mol. The van der Waals surface area contributed by atoms with E-state index >= 15 is 0 Å². The summed E-state index contributed by atoms with van der Waals surface area (Å²) >= 11 is 0. The van der Waals surface area contributed by atoms with Crippen LogP contribution in [0, 0.1) is 11.3 Å². The summed E-state index contributed by atoms with van der Waals surface area (Å²) in [6.07, 6.45) is -4.08. The molecule has 0 aromatic heterocycles. The number of alkyl halides is 3. The predicted molar refractivity (Wildman–Crippen MR) is 60.7 cm³/mol. The average Bonchev–Trinajstić information content (AvgIpc) is 2.30. The highest BCUT2D eigenvalue weighted by molar-refractivity contribution is 5.31. The maximum absolute atomic E-state index is 12.4. The molecule has 0 aliphatic heterocycles. The fraction of sp³-hybridized carbons (Fsp3) is 0.462. The fourth-order valence-electron chi connectivity index (χ4n) is 1.72. The van der Waals surface area contributed by atoms with E-state index in [1.54, 1.807) is 0 Å². The molecule has 0 heterocycles. The van der Waals surface area contributed by atoms with E-state index in [2.05, 4.69) is 0 Å². The molecule has 0 aliphatic carbocycles. The van der Waals surface area contributed by atoms with Crippen molar-refractivity contribution in [3.8, 4) is 6.07 Å². The fourth-order valence-corrected chi connectivity index (χ4v) is 1.72. The number of hydrogen-bond acceptors (Lipinski definition) is 2. The average molecular weight is 257 g/mol. The first-order valence-electron chi connectivity index (χ1n) is 5.65. The number of nitriles is 1. The maximum Gasteiger partial charge on any atom is 0.416 e. The molecule has 0 saturated heterocycles. The van der Waals surface area contributed by atoms with Gasteiger partial charge in [-0.3, -0.25) is 0 Å². The van der Waals surface area contributed by atoms with E-state index in [1.165, 1.54) is 12.1 Å². The highest BCUT2D eigenvalue weighted by Gasteiger charge is 2.30. The SMILES string of the molecule is CCCC(O)C(C#N)c1ccc(C(F)(F)F)cc1. The first kappa shape index (κ1) is 14.5. The van der Waals surface area contributed by atoms with Crippen LogP contribution in [0.5, 0.6) is 0 Å². The molecule has 2 atom stereocenters. The number of benzene rings is 1. The van der Waals surface area contributed by atoms with Crippen LogP contribution in [0.4, 0.5) is 13.2 Å². The van der Waals surface area contributed by atoms with Gasteiger partial charge in [0.15, 0.2) is 0 Å². The van der Waals surface area contributed by atoms with Crippen molar-refractivity contribution < 1.29 is 18.3 Å². The number of rotatable bonds is 4. The first-order chi connectivity index (χ1) is 8.40. The van der Waals surface area contributed by atoms with Gasteiger partial charge in [0.25, 0.3) is 0 Å². The zero-order chi connectivity index (χ0) is 13.8. The van der Waals surface area contributed by atoms with Gasteiger partial charge >= 0.3 is 6.18 Å². The standard InChI is InChI=1S/C13H14F3NO/c1-2-3-12(18)11(8-17)9-4-6-10(7-5-9)13(14,15)16/h4-7,11-12,18H,2-3H2,1H3. The Kier molecular flexibility index (Phi) is 4.74. The molecule has 0 saturated carbocycles.